The SMILES string of the molecule is CCCCN(CCCC)c1ccc(/C=C/c2cc[n+](CCCCCCCCOc3ccc4c(c3)CCC3C4CC[C@@]4(C)C3CC[C@@H]4O)cc2)cc1. The van der Waals surface area contributed by atoms with E-state index in [0.29, 0.717) is 11.8 Å². The average molecular weight is 692 g/mol. The van der Waals surface area contributed by atoms with E-state index >= 15 is 0 Å². The van der Waals surface area contributed by atoms with Crippen molar-refractivity contribution in [2.45, 2.75) is 142 Å². The first-order valence-electron chi connectivity index (χ1n) is 20.9. The lowest BCUT2D eigenvalue weighted by atomic mass is 9.55. The number of ether oxygens (including phenoxy) is 1. The Labute approximate surface area is 310 Å². The molecule has 51 heavy (non-hydrogen) atoms. The lowest BCUT2D eigenvalue weighted by Crippen LogP contribution is -2.43. The van der Waals surface area contributed by atoms with E-state index in [9.17, 15) is 5.11 Å². The molecule has 2 aromatic carbocycles. The van der Waals surface area contributed by atoms with Gasteiger partial charge in [0.1, 0.15) is 12.3 Å². The molecule has 0 spiro atoms. The molecule has 3 aliphatic rings. The number of hydrogen-bond donors (Lipinski definition) is 1. The first kappa shape index (κ1) is 37.6. The molecule has 2 saturated carbocycles. The van der Waals surface area contributed by atoms with Crippen LogP contribution in [-0.4, -0.2) is 30.9 Å². The summed E-state index contributed by atoms with van der Waals surface area (Å²) in [6.45, 7) is 11.1. The lowest BCUT2D eigenvalue weighted by molar-refractivity contribution is -0.697. The Kier molecular flexibility index (Phi) is 13.7. The molecule has 2 fully saturated rings. The maximum atomic E-state index is 10.7. The molecule has 3 aliphatic carbocycles. The number of rotatable bonds is 19. The molecule has 4 nitrogen and oxygen atoms in total. The van der Waals surface area contributed by atoms with Gasteiger partial charge in [-0.1, -0.05) is 83.2 Å². The number of aliphatic hydroxyl groups is 1. The zero-order chi connectivity index (χ0) is 35.5. The molecule has 0 aliphatic heterocycles. The van der Waals surface area contributed by atoms with Gasteiger partial charge in [0, 0.05) is 37.3 Å². The third-order valence-corrected chi connectivity index (χ3v) is 12.9. The number of nitrogens with zero attached hydrogens (tertiary/aromatic N) is 2. The lowest BCUT2D eigenvalue weighted by Gasteiger charge is -2.50. The maximum absolute atomic E-state index is 10.7. The van der Waals surface area contributed by atoms with Crippen molar-refractivity contribution < 1.29 is 14.4 Å². The van der Waals surface area contributed by atoms with E-state index in [4.69, 9.17) is 4.74 Å². The zero-order valence-corrected chi connectivity index (χ0v) is 32.2. The fourth-order valence-corrected chi connectivity index (χ4v) is 9.70. The van der Waals surface area contributed by atoms with Crippen LogP contribution in [0.1, 0.15) is 145 Å². The molecule has 6 rings (SSSR count). The molecule has 0 amide bonds. The van der Waals surface area contributed by atoms with Gasteiger partial charge in [-0.15, -0.1) is 0 Å². The van der Waals surface area contributed by atoms with Gasteiger partial charge >= 0.3 is 0 Å². The van der Waals surface area contributed by atoms with Crippen LogP contribution >= 0.6 is 0 Å². The van der Waals surface area contributed by atoms with Gasteiger partial charge in [0.25, 0.3) is 0 Å². The predicted molar refractivity (Wildman–Crippen MR) is 214 cm³/mol. The molecular weight excluding hydrogens is 625 g/mol. The standard InChI is InChI=1S/C47H67N2O2/c1-4-6-31-49(32-7-5-2)40-19-16-37(17-20-40)14-15-38-27-33-48(34-28-38)30-12-10-8-9-11-13-35-51-41-21-23-42-39(36-41)18-22-44-43(42)26-29-47(3)45(44)24-25-46(47)50/h14-17,19-21,23,27-28,33-34,36,43-46,50H,4-13,18,22,24-26,29-32,35H2,1-3H3/q+1/t43?,44?,45?,46-,47-/m0/s1. The van der Waals surface area contributed by atoms with Crippen molar-refractivity contribution >= 4 is 17.8 Å². The first-order valence-corrected chi connectivity index (χ1v) is 20.9. The molecule has 0 bridgehead atoms. The number of unbranched alkanes of at least 4 members (excludes halogenated alkanes) is 7. The van der Waals surface area contributed by atoms with Crippen molar-refractivity contribution in [1.82, 2.24) is 0 Å². The van der Waals surface area contributed by atoms with Gasteiger partial charge in [-0.05, 0) is 134 Å². The van der Waals surface area contributed by atoms with Gasteiger partial charge in [-0.25, -0.2) is 4.57 Å². The minimum absolute atomic E-state index is 0.0893. The Hall–Kier alpha value is -3.11. The molecule has 0 radical (unpaired) electrons. The quantitative estimate of drug-likeness (QED) is 0.100. The molecule has 0 saturated heterocycles. The molecule has 276 valence electrons. The van der Waals surface area contributed by atoms with E-state index in [1.165, 1.54) is 112 Å². The minimum Gasteiger partial charge on any atom is -0.494 e. The van der Waals surface area contributed by atoms with Gasteiger partial charge in [0.15, 0.2) is 12.4 Å². The van der Waals surface area contributed by atoms with Crippen molar-refractivity contribution in [2.24, 2.45) is 17.3 Å². The zero-order valence-electron chi connectivity index (χ0n) is 32.2. The Morgan fingerprint density at radius 1 is 0.784 bits per heavy atom. The van der Waals surface area contributed by atoms with Crippen molar-refractivity contribution in [1.29, 1.82) is 0 Å². The fourth-order valence-electron chi connectivity index (χ4n) is 9.70. The number of aryl methyl sites for hydroxylation is 2. The maximum Gasteiger partial charge on any atom is 0.169 e. The molecule has 1 heterocycles. The van der Waals surface area contributed by atoms with E-state index in [2.05, 4.69) is 109 Å². The van der Waals surface area contributed by atoms with Crippen LogP contribution in [0.4, 0.5) is 5.69 Å². The van der Waals surface area contributed by atoms with Crippen LogP contribution in [0.2, 0.25) is 0 Å². The summed E-state index contributed by atoms with van der Waals surface area (Å²) in [6, 6.07) is 20.5. The van der Waals surface area contributed by atoms with Crippen molar-refractivity contribution in [3.63, 3.8) is 0 Å². The topological polar surface area (TPSA) is 36.6 Å². The Morgan fingerprint density at radius 3 is 2.20 bits per heavy atom. The Balaban J connectivity index is 0.837. The normalized spacial score (nSPS) is 23.9. The summed E-state index contributed by atoms with van der Waals surface area (Å²) in [4.78, 5) is 2.55. The summed E-state index contributed by atoms with van der Waals surface area (Å²) in [5, 5.41) is 10.7. The highest BCUT2D eigenvalue weighted by Gasteiger charge is 2.54. The van der Waals surface area contributed by atoms with E-state index in [-0.39, 0.29) is 11.5 Å². The Bertz CT molecular complexity index is 1510. The van der Waals surface area contributed by atoms with E-state index in [0.717, 1.165) is 50.8 Å². The van der Waals surface area contributed by atoms with Crippen LogP contribution in [0, 0.1) is 17.3 Å². The van der Waals surface area contributed by atoms with Crippen LogP contribution in [0.5, 0.6) is 5.75 Å². The third kappa shape index (κ3) is 9.66. The largest absolute Gasteiger partial charge is 0.494 e. The molecule has 1 N–H and O–H groups in total. The van der Waals surface area contributed by atoms with Crippen LogP contribution in [-0.2, 0) is 13.0 Å². The summed E-state index contributed by atoms with van der Waals surface area (Å²) < 4.78 is 8.56. The van der Waals surface area contributed by atoms with E-state index < -0.39 is 0 Å². The number of pyridine rings is 1. The van der Waals surface area contributed by atoms with Crippen LogP contribution in [0.15, 0.2) is 67.0 Å². The molecular formula is C47H67N2O2+. The third-order valence-electron chi connectivity index (χ3n) is 12.9. The van der Waals surface area contributed by atoms with Crippen LogP contribution in [0.25, 0.3) is 12.2 Å². The summed E-state index contributed by atoms with van der Waals surface area (Å²) >= 11 is 0. The number of hydrogen-bond acceptors (Lipinski definition) is 3. The number of benzene rings is 2. The molecule has 5 atom stereocenters. The number of aliphatic hydroxyl groups excluding tert-OH is 1. The molecule has 4 heteroatoms. The highest BCUT2D eigenvalue weighted by atomic mass is 16.5. The number of aromatic nitrogens is 1. The second-order valence-corrected chi connectivity index (χ2v) is 16.4. The number of anilines is 1. The van der Waals surface area contributed by atoms with Crippen molar-refractivity contribution in [3.05, 3.63) is 89.2 Å². The predicted octanol–water partition coefficient (Wildman–Crippen LogP) is 11.2. The summed E-state index contributed by atoms with van der Waals surface area (Å²) in [5.74, 6) is 3.19. The monoisotopic (exact) mass is 692 g/mol. The summed E-state index contributed by atoms with van der Waals surface area (Å²) in [6.07, 6.45) is 28.4. The van der Waals surface area contributed by atoms with Crippen molar-refractivity contribution in [3.8, 4) is 5.75 Å². The number of fused-ring (bicyclic) bond motifs is 5. The van der Waals surface area contributed by atoms with E-state index in [1.54, 1.807) is 5.56 Å². The van der Waals surface area contributed by atoms with Gasteiger partial charge in [0.2, 0.25) is 0 Å². The van der Waals surface area contributed by atoms with Gasteiger partial charge in [-0.3, -0.25) is 0 Å². The fraction of sp³-hybridized carbons (Fsp3) is 0.596. The molecule has 3 unspecified atom stereocenters. The van der Waals surface area contributed by atoms with Gasteiger partial charge in [0.05, 0.1) is 12.7 Å². The first-order chi connectivity index (χ1) is 25.0. The highest BCUT2D eigenvalue weighted by molar-refractivity contribution is 5.70. The van der Waals surface area contributed by atoms with Crippen LogP contribution in [0.3, 0.4) is 0 Å². The smallest absolute Gasteiger partial charge is 0.169 e. The minimum atomic E-state index is -0.0893. The molecule has 1 aromatic heterocycles. The summed E-state index contributed by atoms with van der Waals surface area (Å²) in [7, 11) is 0. The summed E-state index contributed by atoms with van der Waals surface area (Å²) in [5.41, 5.74) is 7.11. The Morgan fingerprint density at radius 2 is 1.47 bits per heavy atom. The van der Waals surface area contributed by atoms with E-state index in [1.807, 2.05) is 0 Å². The molecule has 3 aromatic rings. The van der Waals surface area contributed by atoms with Crippen LogP contribution < -0.4 is 14.2 Å². The van der Waals surface area contributed by atoms with Gasteiger partial charge < -0.3 is 14.7 Å². The highest BCUT2D eigenvalue weighted by Crippen LogP contribution is 2.61. The van der Waals surface area contributed by atoms with Gasteiger partial charge in [-0.2, -0.15) is 0 Å². The van der Waals surface area contributed by atoms with Crippen molar-refractivity contribution in [2.75, 3.05) is 24.6 Å². The second kappa shape index (κ2) is 18.6. The average Bonchev–Trinajstić information content (AvgIpc) is 3.47. The second-order valence-electron chi connectivity index (χ2n) is 16.4.